The summed E-state index contributed by atoms with van der Waals surface area (Å²) < 4.78 is 0. The van der Waals surface area contributed by atoms with Gasteiger partial charge in [-0.3, -0.25) is 4.79 Å². The van der Waals surface area contributed by atoms with Crippen molar-refractivity contribution in [1.29, 1.82) is 0 Å². The summed E-state index contributed by atoms with van der Waals surface area (Å²) in [7, 11) is 0. The number of terminal acetylenes is 1. The number of carbonyl (C=O) groups excluding carboxylic acids is 1. The molecule has 1 aromatic rings. The molecule has 94 valence electrons. The van der Waals surface area contributed by atoms with Gasteiger partial charge in [0.05, 0.1) is 5.56 Å². The summed E-state index contributed by atoms with van der Waals surface area (Å²) in [5.41, 5.74) is 2.32. The Morgan fingerprint density at radius 1 is 1.33 bits per heavy atom. The van der Waals surface area contributed by atoms with E-state index in [1.54, 1.807) is 6.07 Å². The molecule has 2 nitrogen and oxygen atoms in total. The molecule has 1 aliphatic rings. The van der Waals surface area contributed by atoms with Gasteiger partial charge >= 0.3 is 0 Å². The molecule has 2 rings (SSSR count). The Hall–Kier alpha value is -1.75. The lowest BCUT2D eigenvalue weighted by molar-refractivity contribution is 0.0927. The number of aryl methyl sites for hydroxylation is 1. The molecule has 0 aliphatic heterocycles. The molecule has 0 aromatic heterocycles. The predicted molar refractivity (Wildman–Crippen MR) is 73.5 cm³/mol. The lowest BCUT2D eigenvalue weighted by Crippen LogP contribution is -2.36. The number of rotatable bonds is 2. The smallest absolute Gasteiger partial charge is 0.252 e. The van der Waals surface area contributed by atoms with Gasteiger partial charge in [0.25, 0.3) is 5.91 Å². The van der Waals surface area contributed by atoms with Gasteiger partial charge in [0, 0.05) is 11.6 Å². The van der Waals surface area contributed by atoms with Crippen molar-refractivity contribution >= 4 is 5.91 Å². The van der Waals surface area contributed by atoms with Crippen LogP contribution in [0.3, 0.4) is 0 Å². The fourth-order valence-electron chi connectivity index (χ4n) is 2.56. The van der Waals surface area contributed by atoms with Crippen LogP contribution in [0.4, 0.5) is 0 Å². The van der Waals surface area contributed by atoms with E-state index in [1.807, 2.05) is 19.1 Å². The third-order valence-electron chi connectivity index (χ3n) is 3.60. The number of nitrogens with one attached hydrogen (secondary N) is 1. The fraction of sp³-hybridized carbons (Fsp3) is 0.438. The van der Waals surface area contributed by atoms with E-state index in [-0.39, 0.29) is 5.91 Å². The molecule has 18 heavy (non-hydrogen) atoms. The quantitative estimate of drug-likeness (QED) is 0.792. The number of hydrogen-bond donors (Lipinski definition) is 1. The van der Waals surface area contributed by atoms with Gasteiger partial charge < -0.3 is 5.32 Å². The molecular formula is C16H19NO. The molecule has 2 heteroatoms. The van der Waals surface area contributed by atoms with E-state index in [0.29, 0.717) is 17.2 Å². The fourth-order valence-corrected chi connectivity index (χ4v) is 2.56. The SMILES string of the molecule is C#Cc1c(C)cccc1C(=O)NC1CCCCC1. The van der Waals surface area contributed by atoms with E-state index in [1.165, 1.54) is 19.3 Å². The predicted octanol–water partition coefficient (Wildman–Crippen LogP) is 3.04. The molecule has 0 heterocycles. The normalized spacial score (nSPS) is 16.0. The van der Waals surface area contributed by atoms with E-state index in [0.717, 1.165) is 18.4 Å². The summed E-state index contributed by atoms with van der Waals surface area (Å²) in [6.07, 6.45) is 11.4. The summed E-state index contributed by atoms with van der Waals surface area (Å²) in [6.45, 7) is 1.94. The second-order valence-electron chi connectivity index (χ2n) is 4.95. The minimum atomic E-state index is -0.0291. The molecule has 1 aliphatic carbocycles. The third kappa shape index (κ3) is 2.73. The second-order valence-corrected chi connectivity index (χ2v) is 4.95. The largest absolute Gasteiger partial charge is 0.349 e. The van der Waals surface area contributed by atoms with Crippen molar-refractivity contribution in [2.45, 2.75) is 45.1 Å². The lowest BCUT2D eigenvalue weighted by atomic mass is 9.94. The zero-order valence-electron chi connectivity index (χ0n) is 10.8. The van der Waals surface area contributed by atoms with E-state index in [2.05, 4.69) is 11.2 Å². The summed E-state index contributed by atoms with van der Waals surface area (Å²) >= 11 is 0. The lowest BCUT2D eigenvalue weighted by Gasteiger charge is -2.23. The van der Waals surface area contributed by atoms with Crippen LogP contribution < -0.4 is 5.32 Å². The van der Waals surface area contributed by atoms with Gasteiger partial charge in [-0.1, -0.05) is 37.3 Å². The highest BCUT2D eigenvalue weighted by Crippen LogP contribution is 2.19. The van der Waals surface area contributed by atoms with Crippen LogP contribution in [0.15, 0.2) is 18.2 Å². The first-order valence-corrected chi connectivity index (χ1v) is 6.59. The average molecular weight is 241 g/mol. The summed E-state index contributed by atoms with van der Waals surface area (Å²) in [4.78, 5) is 12.2. The first-order chi connectivity index (χ1) is 8.72. The molecule has 0 atom stereocenters. The Kier molecular flexibility index (Phi) is 4.04. The molecule has 1 N–H and O–H groups in total. The minimum absolute atomic E-state index is 0.0291. The van der Waals surface area contributed by atoms with Crippen molar-refractivity contribution in [1.82, 2.24) is 5.32 Å². The van der Waals surface area contributed by atoms with Gasteiger partial charge in [0.2, 0.25) is 0 Å². The van der Waals surface area contributed by atoms with Crippen LogP contribution in [0.25, 0.3) is 0 Å². The van der Waals surface area contributed by atoms with Crippen molar-refractivity contribution in [3.8, 4) is 12.3 Å². The van der Waals surface area contributed by atoms with Gasteiger partial charge in [-0.05, 0) is 31.4 Å². The Bertz CT molecular complexity index is 478. The number of amides is 1. The van der Waals surface area contributed by atoms with Crippen LogP contribution >= 0.6 is 0 Å². The number of benzene rings is 1. The summed E-state index contributed by atoms with van der Waals surface area (Å²) in [6, 6.07) is 5.94. The zero-order valence-corrected chi connectivity index (χ0v) is 10.8. The Morgan fingerprint density at radius 3 is 2.72 bits per heavy atom. The Labute approximate surface area is 109 Å². The van der Waals surface area contributed by atoms with Gasteiger partial charge in [0.15, 0.2) is 0 Å². The van der Waals surface area contributed by atoms with Gasteiger partial charge in [-0.15, -0.1) is 6.42 Å². The molecule has 1 amide bonds. The van der Waals surface area contributed by atoms with E-state index in [4.69, 9.17) is 6.42 Å². The highest BCUT2D eigenvalue weighted by atomic mass is 16.1. The van der Waals surface area contributed by atoms with Crippen molar-refractivity contribution in [3.63, 3.8) is 0 Å². The minimum Gasteiger partial charge on any atom is -0.349 e. The monoisotopic (exact) mass is 241 g/mol. The van der Waals surface area contributed by atoms with Crippen molar-refractivity contribution < 1.29 is 4.79 Å². The van der Waals surface area contributed by atoms with Crippen LogP contribution in [0, 0.1) is 19.3 Å². The maximum Gasteiger partial charge on any atom is 0.252 e. The standard InChI is InChI=1S/C16H19NO/c1-3-14-12(2)8-7-11-15(14)16(18)17-13-9-5-4-6-10-13/h1,7-8,11,13H,4-6,9-10H2,2H3,(H,17,18). The first-order valence-electron chi connectivity index (χ1n) is 6.59. The molecular weight excluding hydrogens is 222 g/mol. The number of hydrogen-bond acceptors (Lipinski definition) is 1. The van der Waals surface area contributed by atoms with E-state index < -0.39 is 0 Å². The molecule has 1 aromatic carbocycles. The molecule has 0 radical (unpaired) electrons. The van der Waals surface area contributed by atoms with Crippen LogP contribution in [0.2, 0.25) is 0 Å². The van der Waals surface area contributed by atoms with Gasteiger partial charge in [-0.2, -0.15) is 0 Å². The van der Waals surface area contributed by atoms with Gasteiger partial charge in [-0.25, -0.2) is 0 Å². The van der Waals surface area contributed by atoms with Crippen molar-refractivity contribution in [2.24, 2.45) is 0 Å². The highest BCUT2D eigenvalue weighted by Gasteiger charge is 2.18. The van der Waals surface area contributed by atoms with Crippen LogP contribution in [0.1, 0.15) is 53.6 Å². The summed E-state index contributed by atoms with van der Waals surface area (Å²) in [5.74, 6) is 2.59. The second kappa shape index (κ2) is 5.73. The molecule has 0 saturated heterocycles. The molecule has 0 bridgehead atoms. The Morgan fingerprint density at radius 2 is 2.06 bits per heavy atom. The zero-order chi connectivity index (χ0) is 13.0. The van der Waals surface area contributed by atoms with E-state index in [9.17, 15) is 4.79 Å². The molecule has 0 unspecified atom stereocenters. The van der Waals surface area contributed by atoms with Crippen LogP contribution in [-0.2, 0) is 0 Å². The van der Waals surface area contributed by atoms with Gasteiger partial charge in [0.1, 0.15) is 0 Å². The first kappa shape index (κ1) is 12.7. The number of carbonyl (C=O) groups is 1. The third-order valence-corrected chi connectivity index (χ3v) is 3.60. The summed E-state index contributed by atoms with van der Waals surface area (Å²) in [5, 5.41) is 3.10. The maximum atomic E-state index is 12.2. The molecule has 1 saturated carbocycles. The van der Waals surface area contributed by atoms with E-state index >= 15 is 0 Å². The van der Waals surface area contributed by atoms with Crippen LogP contribution in [0.5, 0.6) is 0 Å². The molecule has 1 fully saturated rings. The average Bonchev–Trinajstić information content (AvgIpc) is 2.39. The maximum absolute atomic E-state index is 12.2. The molecule has 0 spiro atoms. The topological polar surface area (TPSA) is 29.1 Å². The van der Waals surface area contributed by atoms with Crippen molar-refractivity contribution in [2.75, 3.05) is 0 Å². The Balaban J connectivity index is 2.14. The highest BCUT2D eigenvalue weighted by molar-refractivity contribution is 5.97. The van der Waals surface area contributed by atoms with Crippen molar-refractivity contribution in [3.05, 3.63) is 34.9 Å². The van der Waals surface area contributed by atoms with Crippen LogP contribution in [-0.4, -0.2) is 11.9 Å².